The summed E-state index contributed by atoms with van der Waals surface area (Å²) in [6.45, 7) is 4.71. The maximum Gasteiger partial charge on any atom is 0.377 e. The molecular weight excluding hydrogens is 434 g/mol. The number of carbonyl (C=O) groups is 3. The van der Waals surface area contributed by atoms with Gasteiger partial charge in [-0.3, -0.25) is 9.59 Å². The molecule has 7 fully saturated rings. The maximum atomic E-state index is 13.8. The summed E-state index contributed by atoms with van der Waals surface area (Å²) in [4.78, 5) is 38.4. The molecule has 6 bridgehead atoms. The van der Waals surface area contributed by atoms with Crippen molar-refractivity contribution in [3.8, 4) is 0 Å². The van der Waals surface area contributed by atoms with E-state index in [0.29, 0.717) is 37.0 Å². The van der Waals surface area contributed by atoms with Crippen LogP contribution in [0, 0.1) is 53.3 Å². The average molecular weight is 467 g/mol. The second-order valence-corrected chi connectivity index (χ2v) is 12.0. The van der Waals surface area contributed by atoms with Crippen LogP contribution in [0.5, 0.6) is 0 Å². The summed E-state index contributed by atoms with van der Waals surface area (Å²) >= 11 is 0. The minimum Gasteiger partial charge on any atom is -0.458 e. The lowest BCUT2D eigenvalue weighted by molar-refractivity contribution is -0.231. The first kappa shape index (κ1) is 21.8. The van der Waals surface area contributed by atoms with E-state index in [2.05, 4.69) is 13.8 Å². The Balaban J connectivity index is 1.28. The number of esters is 3. The first-order chi connectivity index (χ1) is 15.5. The van der Waals surface area contributed by atoms with E-state index in [0.717, 1.165) is 25.7 Å². The third kappa shape index (κ3) is 2.90. The van der Waals surface area contributed by atoms with Gasteiger partial charge in [0.05, 0.1) is 11.8 Å². The zero-order chi connectivity index (χ0) is 23.4. The second-order valence-electron chi connectivity index (χ2n) is 12.0. The Morgan fingerprint density at radius 2 is 1.64 bits per heavy atom. The van der Waals surface area contributed by atoms with E-state index in [1.165, 1.54) is 6.42 Å². The van der Waals surface area contributed by atoms with E-state index in [1.807, 2.05) is 0 Å². The summed E-state index contributed by atoms with van der Waals surface area (Å²) in [5, 5.41) is 0. The van der Waals surface area contributed by atoms with Crippen LogP contribution in [0.25, 0.3) is 0 Å². The van der Waals surface area contributed by atoms with Gasteiger partial charge in [-0.25, -0.2) is 4.79 Å². The molecule has 6 nitrogen and oxygen atoms in total. The number of hydrogen-bond acceptors (Lipinski definition) is 6. The standard InChI is InChI=1S/C25H32F2O6/c1-10(2)25(13-5-11-4-12(7-13)8-14(25)6-11)33-22(29)18-16-9-15-17(18)21(28)31-19(15)20(16)32-23(30)24(3,26)27/h10-20H,4-9H2,1-3H3. The van der Waals surface area contributed by atoms with Gasteiger partial charge < -0.3 is 14.2 Å². The van der Waals surface area contributed by atoms with Gasteiger partial charge in [-0.2, -0.15) is 8.78 Å². The number of alkyl halides is 2. The van der Waals surface area contributed by atoms with Crippen molar-refractivity contribution in [2.24, 2.45) is 53.3 Å². The van der Waals surface area contributed by atoms with Crippen molar-refractivity contribution in [1.82, 2.24) is 0 Å². The summed E-state index contributed by atoms with van der Waals surface area (Å²) in [5.41, 5.74) is -0.545. The van der Waals surface area contributed by atoms with Gasteiger partial charge in [-0.15, -0.1) is 0 Å². The fraction of sp³-hybridized carbons (Fsp3) is 0.880. The Labute approximate surface area is 192 Å². The van der Waals surface area contributed by atoms with Crippen molar-refractivity contribution in [1.29, 1.82) is 0 Å². The van der Waals surface area contributed by atoms with Crippen molar-refractivity contribution in [3.05, 3.63) is 0 Å². The van der Waals surface area contributed by atoms with Gasteiger partial charge in [0.25, 0.3) is 0 Å². The summed E-state index contributed by atoms with van der Waals surface area (Å²) in [6.07, 6.45) is 4.27. The molecule has 8 heteroatoms. The molecule has 0 aromatic heterocycles. The van der Waals surface area contributed by atoms with Crippen LogP contribution in [0.3, 0.4) is 0 Å². The zero-order valence-electron chi connectivity index (χ0n) is 19.3. The van der Waals surface area contributed by atoms with Crippen LogP contribution in [-0.2, 0) is 28.6 Å². The van der Waals surface area contributed by atoms with E-state index in [-0.39, 0.29) is 11.8 Å². The van der Waals surface area contributed by atoms with E-state index < -0.39 is 59.4 Å². The average Bonchev–Trinajstić information content (AvgIpc) is 3.33. The van der Waals surface area contributed by atoms with Gasteiger partial charge in [0.1, 0.15) is 17.8 Å². The Morgan fingerprint density at radius 3 is 2.18 bits per heavy atom. The minimum atomic E-state index is -3.65. The Hall–Kier alpha value is -1.73. The van der Waals surface area contributed by atoms with Crippen molar-refractivity contribution < 1.29 is 37.4 Å². The van der Waals surface area contributed by atoms with Gasteiger partial charge in [-0.05, 0) is 68.1 Å². The number of halogens is 2. The highest BCUT2D eigenvalue weighted by Crippen LogP contribution is 2.63. The molecular formula is C25H32F2O6. The van der Waals surface area contributed by atoms with Crippen molar-refractivity contribution in [2.45, 2.75) is 83.0 Å². The topological polar surface area (TPSA) is 78.9 Å². The van der Waals surface area contributed by atoms with Crippen LogP contribution < -0.4 is 0 Å². The summed E-state index contributed by atoms with van der Waals surface area (Å²) < 4.78 is 44.1. The summed E-state index contributed by atoms with van der Waals surface area (Å²) in [5.74, 6) is -6.28. The van der Waals surface area contributed by atoms with Gasteiger partial charge >= 0.3 is 23.8 Å². The number of ether oxygens (including phenoxy) is 3. The first-order valence-corrected chi connectivity index (χ1v) is 12.5. The van der Waals surface area contributed by atoms with Gasteiger partial charge in [-0.1, -0.05) is 13.8 Å². The lowest BCUT2D eigenvalue weighted by atomic mass is 9.47. The molecule has 0 spiro atoms. The van der Waals surface area contributed by atoms with Crippen molar-refractivity contribution >= 4 is 17.9 Å². The molecule has 6 atom stereocenters. The predicted molar refractivity (Wildman–Crippen MR) is 110 cm³/mol. The van der Waals surface area contributed by atoms with Crippen LogP contribution in [-0.4, -0.2) is 41.6 Å². The molecule has 0 aromatic rings. The largest absolute Gasteiger partial charge is 0.458 e. The fourth-order valence-corrected chi connectivity index (χ4v) is 9.09. The fourth-order valence-electron chi connectivity index (χ4n) is 9.09. The molecule has 1 aliphatic heterocycles. The third-order valence-corrected chi connectivity index (χ3v) is 10.0. The molecule has 0 radical (unpaired) electrons. The molecule has 1 saturated heterocycles. The smallest absolute Gasteiger partial charge is 0.377 e. The van der Waals surface area contributed by atoms with Gasteiger partial charge in [0.2, 0.25) is 0 Å². The van der Waals surface area contributed by atoms with Crippen LogP contribution in [0.4, 0.5) is 8.78 Å². The Morgan fingerprint density at radius 1 is 1.03 bits per heavy atom. The lowest BCUT2D eigenvalue weighted by Crippen LogP contribution is -2.63. The minimum absolute atomic E-state index is 0.144. The second kappa shape index (κ2) is 6.91. The molecule has 6 unspecified atom stereocenters. The van der Waals surface area contributed by atoms with Crippen LogP contribution >= 0.6 is 0 Å². The van der Waals surface area contributed by atoms with E-state index in [1.54, 1.807) is 0 Å². The molecule has 1 heterocycles. The SMILES string of the molecule is CC(C)C1(OC(=O)C2C3CC4C(OC(=O)C42)C3OC(=O)C(C)(F)F)C2CC3CC(C2)CC1C3. The number of fused-ring (bicyclic) bond motifs is 1. The third-order valence-electron chi connectivity index (χ3n) is 10.0. The maximum absolute atomic E-state index is 13.8. The molecule has 182 valence electrons. The zero-order valence-corrected chi connectivity index (χ0v) is 19.3. The molecule has 33 heavy (non-hydrogen) atoms. The molecule has 0 aromatic carbocycles. The molecule has 0 amide bonds. The Kier molecular flexibility index (Phi) is 4.56. The van der Waals surface area contributed by atoms with Crippen molar-refractivity contribution in [3.63, 3.8) is 0 Å². The molecule has 6 saturated carbocycles. The van der Waals surface area contributed by atoms with Crippen LogP contribution in [0.2, 0.25) is 0 Å². The van der Waals surface area contributed by atoms with Crippen LogP contribution in [0.1, 0.15) is 59.3 Å². The molecule has 6 aliphatic carbocycles. The van der Waals surface area contributed by atoms with Crippen molar-refractivity contribution in [2.75, 3.05) is 0 Å². The molecule has 0 N–H and O–H groups in total. The summed E-state index contributed by atoms with van der Waals surface area (Å²) in [7, 11) is 0. The van der Waals surface area contributed by atoms with E-state index >= 15 is 0 Å². The lowest BCUT2D eigenvalue weighted by Gasteiger charge is -2.62. The number of rotatable bonds is 5. The quantitative estimate of drug-likeness (QED) is 0.454. The Bertz CT molecular complexity index is 866. The number of hydrogen-bond donors (Lipinski definition) is 0. The highest BCUT2D eigenvalue weighted by atomic mass is 19.3. The number of carbonyl (C=O) groups excluding carboxylic acids is 3. The summed E-state index contributed by atoms with van der Waals surface area (Å²) in [6, 6.07) is 0. The van der Waals surface area contributed by atoms with E-state index in [9.17, 15) is 23.2 Å². The highest BCUT2D eigenvalue weighted by molar-refractivity contribution is 5.86. The van der Waals surface area contributed by atoms with Gasteiger partial charge in [0.15, 0.2) is 0 Å². The first-order valence-electron chi connectivity index (χ1n) is 12.5. The predicted octanol–water partition coefficient (Wildman–Crippen LogP) is 3.76. The van der Waals surface area contributed by atoms with Gasteiger partial charge in [0, 0.05) is 18.8 Å². The highest BCUT2D eigenvalue weighted by Gasteiger charge is 2.71. The molecule has 7 rings (SSSR count). The normalized spacial score (nSPS) is 49.0. The molecule has 7 aliphatic rings. The monoisotopic (exact) mass is 466 g/mol. The van der Waals surface area contributed by atoms with E-state index in [4.69, 9.17) is 14.2 Å². The van der Waals surface area contributed by atoms with Crippen LogP contribution in [0.15, 0.2) is 0 Å².